The number of carboxylic acid groups (broad SMARTS) is 1. The Balaban J connectivity index is 1.61. The quantitative estimate of drug-likeness (QED) is 0.569. The maximum absolute atomic E-state index is 11.5. The molecule has 4 aliphatic rings. The van der Waals surface area contributed by atoms with Gasteiger partial charge in [0.25, 0.3) is 0 Å². The van der Waals surface area contributed by atoms with Gasteiger partial charge in [0.05, 0.1) is 18.3 Å². The lowest BCUT2D eigenvalue weighted by Crippen LogP contribution is -2.62. The van der Waals surface area contributed by atoms with Crippen LogP contribution >= 0.6 is 0 Å². The van der Waals surface area contributed by atoms with Gasteiger partial charge in [0.1, 0.15) is 0 Å². The van der Waals surface area contributed by atoms with Gasteiger partial charge >= 0.3 is 5.97 Å². The van der Waals surface area contributed by atoms with Crippen molar-refractivity contribution in [2.45, 2.75) is 96.9 Å². The minimum absolute atomic E-state index is 0.0957. The Morgan fingerprint density at radius 2 is 1.76 bits per heavy atom. The van der Waals surface area contributed by atoms with E-state index in [1.807, 2.05) is 0 Å². The van der Waals surface area contributed by atoms with Gasteiger partial charge in [-0.1, -0.05) is 20.8 Å². The summed E-state index contributed by atoms with van der Waals surface area (Å²) in [5.74, 6) is 0.997. The molecular weight excluding hydrogens is 370 g/mol. The molecule has 11 atom stereocenters. The Kier molecular flexibility index (Phi) is 5.57. The van der Waals surface area contributed by atoms with Crippen molar-refractivity contribution >= 4 is 5.97 Å². The van der Waals surface area contributed by atoms with Gasteiger partial charge in [-0.2, -0.15) is 0 Å². The van der Waals surface area contributed by atoms with Crippen molar-refractivity contribution in [2.75, 3.05) is 0 Å². The van der Waals surface area contributed by atoms with Crippen LogP contribution < -0.4 is 0 Å². The number of hydrogen-bond acceptors (Lipinski definition) is 4. The third kappa shape index (κ3) is 3.27. The molecule has 0 bridgehead atoms. The van der Waals surface area contributed by atoms with Crippen LogP contribution in [0.2, 0.25) is 0 Å². The standard InChI is InChI=1S/C24H40O5/c1-13(4-7-21(28)29)16-5-6-17-22-18(12-20(27)24(16,17)3)23(2)9-8-15(25)10-14(23)11-19(22)26/h13-20,22,25-27H,4-12H2,1-3H3,(H,28,29)/t13-,14+,15-,16-,17+,18+,19-,20+,22+,23+,24-/m1/s1/i21+2. The zero-order valence-electron chi connectivity index (χ0n) is 18.3. The fraction of sp³-hybridized carbons (Fsp3) is 0.958. The van der Waals surface area contributed by atoms with Crippen molar-refractivity contribution in [3.8, 4) is 0 Å². The first-order valence-electron chi connectivity index (χ1n) is 11.8. The maximum Gasteiger partial charge on any atom is 0.303 e. The van der Waals surface area contributed by atoms with Crippen LogP contribution in [0.25, 0.3) is 0 Å². The second-order valence-electron chi connectivity index (χ2n) is 11.4. The Morgan fingerprint density at radius 1 is 1.03 bits per heavy atom. The molecule has 4 saturated carbocycles. The third-order valence-electron chi connectivity index (χ3n) is 10.3. The molecule has 4 fully saturated rings. The average Bonchev–Trinajstić information content (AvgIpc) is 3.01. The summed E-state index contributed by atoms with van der Waals surface area (Å²) >= 11 is 0. The zero-order chi connectivity index (χ0) is 21.1. The van der Waals surface area contributed by atoms with Crippen molar-refractivity contribution in [1.29, 1.82) is 0 Å². The van der Waals surface area contributed by atoms with Crippen molar-refractivity contribution in [2.24, 2.45) is 46.3 Å². The average molecular weight is 411 g/mol. The number of aliphatic carboxylic acids is 1. The van der Waals surface area contributed by atoms with E-state index in [9.17, 15) is 20.1 Å². The Morgan fingerprint density at radius 3 is 2.45 bits per heavy atom. The molecule has 0 spiro atoms. The highest BCUT2D eigenvalue weighted by Gasteiger charge is 2.65. The summed E-state index contributed by atoms with van der Waals surface area (Å²) in [5.41, 5.74) is -0.143. The largest absolute Gasteiger partial charge is 0.481 e. The molecule has 0 aliphatic heterocycles. The summed E-state index contributed by atoms with van der Waals surface area (Å²) in [4.78, 5) is 11.1. The Labute approximate surface area is 174 Å². The van der Waals surface area contributed by atoms with Gasteiger partial charge in [-0.3, -0.25) is 4.79 Å². The summed E-state index contributed by atoms with van der Waals surface area (Å²) in [5, 5.41) is 42.0. The highest BCUT2D eigenvalue weighted by molar-refractivity contribution is 5.66. The first kappa shape index (κ1) is 21.6. The number of fused-ring (bicyclic) bond motifs is 5. The van der Waals surface area contributed by atoms with E-state index < -0.39 is 12.1 Å². The molecule has 0 aromatic carbocycles. The molecule has 166 valence electrons. The first-order valence-corrected chi connectivity index (χ1v) is 11.8. The first-order chi connectivity index (χ1) is 13.6. The van der Waals surface area contributed by atoms with Gasteiger partial charge in [-0.15, -0.1) is 0 Å². The van der Waals surface area contributed by atoms with Crippen LogP contribution in [-0.4, -0.2) is 44.7 Å². The maximum atomic E-state index is 11.5. The van der Waals surface area contributed by atoms with Crippen LogP contribution in [0, 0.1) is 46.3 Å². The molecule has 4 rings (SSSR count). The SMILES string of the molecule is C[C@H](CC[14C](=O)O)[C@H]1CC[C@H]2[C@@H]3[C@H](O)C[C@@H]4C[C@H](O)CC[C@]4(C)[C@H]3C[C@H](O)[C@]12C. The number of aliphatic hydroxyl groups is 3. The van der Waals surface area contributed by atoms with Crippen LogP contribution in [0.4, 0.5) is 0 Å². The van der Waals surface area contributed by atoms with E-state index in [0.29, 0.717) is 30.1 Å². The van der Waals surface area contributed by atoms with E-state index in [2.05, 4.69) is 20.8 Å². The Bertz CT molecular complexity index is 637. The number of aliphatic hydroxyl groups excluding tert-OH is 3. The lowest BCUT2D eigenvalue weighted by atomic mass is 9.43. The summed E-state index contributed by atoms with van der Waals surface area (Å²) in [6, 6.07) is 0. The molecule has 0 amide bonds. The summed E-state index contributed by atoms with van der Waals surface area (Å²) in [6.45, 7) is 6.72. The van der Waals surface area contributed by atoms with Crippen molar-refractivity contribution < 1.29 is 25.2 Å². The minimum atomic E-state index is -0.748. The highest BCUT2D eigenvalue weighted by Crippen LogP contribution is 2.68. The minimum Gasteiger partial charge on any atom is -0.481 e. The van der Waals surface area contributed by atoms with E-state index in [-0.39, 0.29) is 41.3 Å². The van der Waals surface area contributed by atoms with E-state index >= 15 is 0 Å². The lowest BCUT2D eigenvalue weighted by molar-refractivity contribution is -0.207. The van der Waals surface area contributed by atoms with Crippen molar-refractivity contribution in [1.82, 2.24) is 0 Å². The third-order valence-corrected chi connectivity index (χ3v) is 10.3. The molecule has 5 nitrogen and oxygen atoms in total. The topological polar surface area (TPSA) is 98.0 Å². The van der Waals surface area contributed by atoms with E-state index in [4.69, 9.17) is 5.11 Å². The second-order valence-corrected chi connectivity index (χ2v) is 11.4. The predicted octanol–water partition coefficient (Wildman–Crippen LogP) is 3.45. The summed E-state index contributed by atoms with van der Waals surface area (Å²) < 4.78 is 0. The highest BCUT2D eigenvalue weighted by atomic mass is 16.6. The lowest BCUT2D eigenvalue weighted by Gasteiger charge is -2.63. The molecule has 29 heavy (non-hydrogen) atoms. The molecule has 5 heteroatoms. The van der Waals surface area contributed by atoms with Gasteiger partial charge in [0.15, 0.2) is 0 Å². The molecule has 0 heterocycles. The molecule has 0 aromatic rings. The molecule has 0 unspecified atom stereocenters. The summed E-state index contributed by atoms with van der Waals surface area (Å²) in [6.07, 6.45) is 6.00. The smallest absolute Gasteiger partial charge is 0.303 e. The molecular formula is C24H40O5. The van der Waals surface area contributed by atoms with Crippen LogP contribution in [0.1, 0.15) is 78.6 Å². The molecule has 0 radical (unpaired) electrons. The number of carboxylic acids is 1. The van der Waals surface area contributed by atoms with E-state index in [0.717, 1.165) is 44.9 Å². The second kappa shape index (κ2) is 7.49. The normalized spacial score (nSPS) is 52.9. The van der Waals surface area contributed by atoms with Gasteiger partial charge in [0.2, 0.25) is 0 Å². The zero-order valence-corrected chi connectivity index (χ0v) is 18.3. The van der Waals surface area contributed by atoms with Crippen molar-refractivity contribution in [3.05, 3.63) is 0 Å². The monoisotopic (exact) mass is 410 g/mol. The molecule has 0 aromatic heterocycles. The van der Waals surface area contributed by atoms with E-state index in [1.165, 1.54) is 0 Å². The van der Waals surface area contributed by atoms with Gasteiger partial charge in [-0.25, -0.2) is 0 Å². The number of hydrogen-bond donors (Lipinski definition) is 4. The van der Waals surface area contributed by atoms with Crippen LogP contribution in [0.15, 0.2) is 0 Å². The van der Waals surface area contributed by atoms with Crippen LogP contribution in [0.3, 0.4) is 0 Å². The fourth-order valence-electron chi connectivity index (χ4n) is 8.68. The Hall–Kier alpha value is -0.650. The van der Waals surface area contributed by atoms with Crippen LogP contribution in [0.5, 0.6) is 0 Å². The van der Waals surface area contributed by atoms with Gasteiger partial charge in [-0.05, 0) is 97.7 Å². The van der Waals surface area contributed by atoms with Gasteiger partial charge in [0, 0.05) is 6.42 Å². The van der Waals surface area contributed by atoms with E-state index in [1.54, 1.807) is 0 Å². The van der Waals surface area contributed by atoms with Crippen molar-refractivity contribution in [3.63, 3.8) is 0 Å². The predicted molar refractivity (Wildman–Crippen MR) is 110 cm³/mol. The summed E-state index contributed by atoms with van der Waals surface area (Å²) in [7, 11) is 0. The number of carbonyl (C=O) groups is 1. The van der Waals surface area contributed by atoms with Crippen LogP contribution in [-0.2, 0) is 4.79 Å². The molecule has 4 aliphatic carbocycles. The molecule has 0 saturated heterocycles. The van der Waals surface area contributed by atoms with Gasteiger partial charge < -0.3 is 20.4 Å². The fourth-order valence-corrected chi connectivity index (χ4v) is 8.68. The number of rotatable bonds is 4. The molecule has 4 N–H and O–H groups in total.